The topological polar surface area (TPSA) is 137 Å². The van der Waals surface area contributed by atoms with Crippen molar-refractivity contribution >= 4 is 41.1 Å². The second kappa shape index (κ2) is 11.4. The van der Waals surface area contributed by atoms with Gasteiger partial charge in [-0.3, -0.25) is 9.59 Å². The summed E-state index contributed by atoms with van der Waals surface area (Å²) in [6.45, 7) is -0.781. The highest BCUT2D eigenvalue weighted by Gasteiger charge is 2.20. The van der Waals surface area contributed by atoms with Crippen LogP contribution < -0.4 is 21.3 Å². The predicted octanol–water partition coefficient (Wildman–Crippen LogP) is 1.39. The summed E-state index contributed by atoms with van der Waals surface area (Å²) in [6.07, 6.45) is 0.113. The lowest BCUT2D eigenvalue weighted by Gasteiger charge is -2.15. The van der Waals surface area contributed by atoms with Gasteiger partial charge in [0.1, 0.15) is 6.04 Å². The maximum absolute atomic E-state index is 12.0. The fraction of sp³-hybridized carbons (Fsp3) is 0.200. The van der Waals surface area contributed by atoms with E-state index in [-0.39, 0.29) is 13.0 Å². The lowest BCUT2D eigenvalue weighted by molar-refractivity contribution is -0.141. The zero-order chi connectivity index (χ0) is 21.9. The van der Waals surface area contributed by atoms with Crippen LogP contribution in [0.5, 0.6) is 0 Å². The number of urea groups is 1. The van der Waals surface area contributed by atoms with Crippen molar-refractivity contribution in [2.75, 3.05) is 18.4 Å². The van der Waals surface area contributed by atoms with Crippen LogP contribution >= 0.6 is 11.6 Å². The van der Waals surface area contributed by atoms with Crippen molar-refractivity contribution in [3.05, 3.63) is 65.2 Å². The summed E-state index contributed by atoms with van der Waals surface area (Å²) in [6, 6.07) is 13.5. The van der Waals surface area contributed by atoms with Crippen molar-refractivity contribution < 1.29 is 24.3 Å². The molecule has 0 heterocycles. The lowest BCUT2D eigenvalue weighted by Crippen LogP contribution is -2.48. The molecular weight excluding hydrogens is 412 g/mol. The number of halogens is 1. The third kappa shape index (κ3) is 8.19. The largest absolute Gasteiger partial charge is 0.480 e. The molecule has 0 saturated carbocycles. The van der Waals surface area contributed by atoms with Gasteiger partial charge in [-0.25, -0.2) is 9.59 Å². The molecule has 0 fully saturated rings. The zero-order valence-electron chi connectivity index (χ0n) is 15.9. The number of nitrogens with one attached hydrogen (secondary N) is 4. The van der Waals surface area contributed by atoms with E-state index in [9.17, 15) is 24.3 Å². The molecule has 1 unspecified atom stereocenters. The van der Waals surface area contributed by atoms with E-state index in [4.69, 9.17) is 11.6 Å². The van der Waals surface area contributed by atoms with Crippen LogP contribution in [0.1, 0.15) is 5.56 Å². The summed E-state index contributed by atoms with van der Waals surface area (Å²) in [5.74, 6) is -2.44. The molecule has 30 heavy (non-hydrogen) atoms. The van der Waals surface area contributed by atoms with Crippen LogP contribution in [-0.2, 0) is 20.8 Å². The number of amides is 4. The van der Waals surface area contributed by atoms with E-state index in [1.807, 2.05) is 0 Å². The summed E-state index contributed by atoms with van der Waals surface area (Å²) < 4.78 is 0. The molecule has 0 aliphatic rings. The first-order valence-electron chi connectivity index (χ1n) is 8.96. The Labute approximate surface area is 177 Å². The van der Waals surface area contributed by atoms with E-state index in [1.165, 1.54) is 0 Å². The predicted molar refractivity (Wildman–Crippen MR) is 111 cm³/mol. The Morgan fingerprint density at radius 2 is 1.50 bits per heavy atom. The Hall–Kier alpha value is -3.59. The van der Waals surface area contributed by atoms with Crippen molar-refractivity contribution in [1.29, 1.82) is 0 Å². The molecule has 2 rings (SSSR count). The van der Waals surface area contributed by atoms with Crippen molar-refractivity contribution in [1.82, 2.24) is 16.0 Å². The first-order chi connectivity index (χ1) is 14.3. The van der Waals surface area contributed by atoms with Crippen molar-refractivity contribution in [2.24, 2.45) is 0 Å². The Kier molecular flexibility index (Phi) is 8.64. The summed E-state index contributed by atoms with van der Waals surface area (Å²) in [7, 11) is 0. The van der Waals surface area contributed by atoms with Gasteiger partial charge in [0.05, 0.1) is 13.1 Å². The van der Waals surface area contributed by atoms with Crippen LogP contribution in [0.3, 0.4) is 0 Å². The summed E-state index contributed by atoms with van der Waals surface area (Å²) >= 11 is 5.75. The number of hydrogen-bond acceptors (Lipinski definition) is 4. The third-order valence-electron chi connectivity index (χ3n) is 3.87. The summed E-state index contributed by atoms with van der Waals surface area (Å²) in [5, 5.41) is 19.3. The molecule has 0 aliphatic carbocycles. The molecule has 0 aliphatic heterocycles. The molecule has 2 aromatic rings. The highest BCUT2D eigenvalue weighted by atomic mass is 35.5. The van der Waals surface area contributed by atoms with Gasteiger partial charge in [-0.2, -0.15) is 0 Å². The number of anilines is 1. The number of benzene rings is 2. The smallest absolute Gasteiger partial charge is 0.326 e. The Morgan fingerprint density at radius 3 is 2.13 bits per heavy atom. The number of carboxylic acid groups (broad SMARTS) is 1. The van der Waals surface area contributed by atoms with E-state index >= 15 is 0 Å². The molecule has 0 saturated heterocycles. The average Bonchev–Trinajstić information content (AvgIpc) is 2.72. The monoisotopic (exact) mass is 432 g/mol. The lowest BCUT2D eigenvalue weighted by atomic mass is 10.1. The van der Waals surface area contributed by atoms with Gasteiger partial charge in [0.15, 0.2) is 0 Å². The number of rotatable bonds is 9. The second-order valence-electron chi connectivity index (χ2n) is 6.24. The number of carbonyl (C=O) groups is 4. The van der Waals surface area contributed by atoms with E-state index in [1.54, 1.807) is 54.6 Å². The van der Waals surface area contributed by atoms with Crippen LogP contribution in [0.2, 0.25) is 5.02 Å². The molecule has 10 heteroatoms. The minimum Gasteiger partial charge on any atom is -0.480 e. The zero-order valence-corrected chi connectivity index (χ0v) is 16.6. The number of hydrogen-bond donors (Lipinski definition) is 5. The molecule has 0 bridgehead atoms. The van der Waals surface area contributed by atoms with Gasteiger partial charge in [-0.1, -0.05) is 41.9 Å². The van der Waals surface area contributed by atoms with Crippen molar-refractivity contribution in [3.63, 3.8) is 0 Å². The van der Waals surface area contributed by atoms with E-state index in [0.717, 1.165) is 5.56 Å². The van der Waals surface area contributed by atoms with E-state index in [0.29, 0.717) is 10.7 Å². The molecule has 1 atom stereocenters. The Morgan fingerprint density at radius 1 is 0.867 bits per heavy atom. The van der Waals surface area contributed by atoms with Crippen LogP contribution in [0.15, 0.2) is 54.6 Å². The number of aliphatic carboxylic acids is 1. The van der Waals surface area contributed by atoms with Gasteiger partial charge in [-0.05, 0) is 29.8 Å². The van der Waals surface area contributed by atoms with Crippen LogP contribution in [0.25, 0.3) is 0 Å². The molecule has 158 valence electrons. The Balaban J connectivity index is 1.71. The number of carboxylic acids is 1. The minimum atomic E-state index is -1.18. The fourth-order valence-electron chi connectivity index (χ4n) is 2.41. The minimum absolute atomic E-state index is 0.113. The van der Waals surface area contributed by atoms with Gasteiger partial charge >= 0.3 is 12.0 Å². The maximum atomic E-state index is 12.0. The van der Waals surface area contributed by atoms with Crippen LogP contribution in [-0.4, -0.2) is 48.1 Å². The average molecular weight is 433 g/mol. The quantitative estimate of drug-likeness (QED) is 0.408. The fourth-order valence-corrected chi connectivity index (χ4v) is 2.53. The van der Waals surface area contributed by atoms with Crippen LogP contribution in [0.4, 0.5) is 10.5 Å². The van der Waals surface area contributed by atoms with Gasteiger partial charge in [0.2, 0.25) is 11.8 Å². The van der Waals surface area contributed by atoms with E-state index in [2.05, 4.69) is 21.3 Å². The molecule has 0 radical (unpaired) electrons. The van der Waals surface area contributed by atoms with Gasteiger partial charge in [0.25, 0.3) is 0 Å². The first kappa shape index (κ1) is 22.7. The summed E-state index contributed by atoms with van der Waals surface area (Å²) in [5.41, 5.74) is 1.25. The van der Waals surface area contributed by atoms with Gasteiger partial charge < -0.3 is 26.4 Å². The van der Waals surface area contributed by atoms with E-state index < -0.39 is 36.4 Å². The molecular formula is C20H21ClN4O5. The number of carbonyl (C=O) groups excluding carboxylic acids is 3. The molecule has 4 amide bonds. The second-order valence-corrected chi connectivity index (χ2v) is 6.68. The standard InChI is InChI=1S/C20H21ClN4O5/c21-14-6-8-15(9-7-14)24-20(30)23-11-17(26)22-12-18(27)25-16(19(28)29)10-13-4-2-1-3-5-13/h1-9,16H,10-12H2,(H,22,26)(H,25,27)(H,28,29)(H2,23,24,30). The normalized spacial score (nSPS) is 11.1. The van der Waals surface area contributed by atoms with Gasteiger partial charge in [0, 0.05) is 17.1 Å². The Bertz CT molecular complexity index is 890. The van der Waals surface area contributed by atoms with Gasteiger partial charge in [-0.15, -0.1) is 0 Å². The highest BCUT2D eigenvalue weighted by Crippen LogP contribution is 2.12. The highest BCUT2D eigenvalue weighted by molar-refractivity contribution is 6.30. The third-order valence-corrected chi connectivity index (χ3v) is 4.13. The maximum Gasteiger partial charge on any atom is 0.326 e. The van der Waals surface area contributed by atoms with Crippen molar-refractivity contribution in [2.45, 2.75) is 12.5 Å². The molecule has 9 nitrogen and oxygen atoms in total. The van der Waals surface area contributed by atoms with Crippen LogP contribution in [0, 0.1) is 0 Å². The molecule has 2 aromatic carbocycles. The SMILES string of the molecule is O=C(CNC(=O)Nc1ccc(Cl)cc1)NCC(=O)NC(Cc1ccccc1)C(=O)O. The first-order valence-corrected chi connectivity index (χ1v) is 9.34. The summed E-state index contributed by atoms with van der Waals surface area (Å²) in [4.78, 5) is 46.9. The van der Waals surface area contributed by atoms with Crippen molar-refractivity contribution in [3.8, 4) is 0 Å². The molecule has 5 N–H and O–H groups in total. The molecule has 0 spiro atoms. The molecule has 0 aromatic heterocycles.